The van der Waals surface area contributed by atoms with Crippen molar-refractivity contribution in [1.29, 1.82) is 0 Å². The van der Waals surface area contributed by atoms with E-state index in [2.05, 4.69) is 10.3 Å². The number of esters is 1. The summed E-state index contributed by atoms with van der Waals surface area (Å²) in [6.07, 6.45) is 0.185. The van der Waals surface area contributed by atoms with Gasteiger partial charge in [-0.1, -0.05) is 23.4 Å². The zero-order valence-electron chi connectivity index (χ0n) is 13.9. The Morgan fingerprint density at radius 2 is 1.96 bits per heavy atom. The molecule has 1 aromatic heterocycles. The third-order valence-electron chi connectivity index (χ3n) is 4.27. The molecule has 0 fully saturated rings. The minimum Gasteiger partial charge on any atom is -0.508 e. The van der Waals surface area contributed by atoms with Gasteiger partial charge in [0, 0.05) is 13.0 Å². The molecule has 6 nitrogen and oxygen atoms in total. The first kappa shape index (κ1) is 16.0. The number of benzene rings is 2. The Hall–Kier alpha value is -2.89. The summed E-state index contributed by atoms with van der Waals surface area (Å²) in [5.74, 6) is -0.322. The number of aromatic nitrogens is 3. The lowest BCUT2D eigenvalue weighted by Gasteiger charge is -2.18. The Kier molecular flexibility index (Phi) is 4.20. The molecule has 3 aromatic rings. The molecule has 24 heavy (non-hydrogen) atoms. The van der Waals surface area contributed by atoms with E-state index < -0.39 is 0 Å². The highest BCUT2D eigenvalue weighted by Crippen LogP contribution is 2.32. The minimum atomic E-state index is -0.306. The number of phenols is 1. The van der Waals surface area contributed by atoms with E-state index in [4.69, 9.17) is 4.74 Å². The summed E-state index contributed by atoms with van der Waals surface area (Å²) in [4.78, 5) is 11.9. The average Bonchev–Trinajstić information content (AvgIpc) is 2.95. The number of methoxy groups -OCH3 is 1. The summed E-state index contributed by atoms with van der Waals surface area (Å²) >= 11 is 0. The normalized spacial score (nSPS) is 12.3. The van der Waals surface area contributed by atoms with Gasteiger partial charge >= 0.3 is 5.97 Å². The number of carbonyl (C=O) groups excluding carboxylic acids is 1. The molecular formula is C18H19N3O3. The highest BCUT2D eigenvalue weighted by molar-refractivity contribution is 5.76. The summed E-state index contributed by atoms with van der Waals surface area (Å²) in [5, 5.41) is 18.2. The number of carbonyl (C=O) groups is 1. The van der Waals surface area contributed by atoms with Crippen LogP contribution in [0.25, 0.3) is 11.0 Å². The maximum Gasteiger partial charge on any atom is 0.306 e. The first-order valence-corrected chi connectivity index (χ1v) is 7.65. The van der Waals surface area contributed by atoms with Gasteiger partial charge in [0.25, 0.3) is 0 Å². The zero-order chi connectivity index (χ0) is 17.3. The zero-order valence-corrected chi connectivity index (χ0v) is 13.9. The van der Waals surface area contributed by atoms with Crippen molar-refractivity contribution < 1.29 is 14.6 Å². The van der Waals surface area contributed by atoms with Crippen LogP contribution in [0.2, 0.25) is 0 Å². The maximum atomic E-state index is 11.9. The fraction of sp³-hybridized carbons (Fsp3) is 0.278. The molecular weight excluding hydrogens is 306 g/mol. The van der Waals surface area contributed by atoms with E-state index in [1.54, 1.807) is 10.7 Å². The van der Waals surface area contributed by atoms with Crippen molar-refractivity contribution in [2.45, 2.75) is 19.3 Å². The highest BCUT2D eigenvalue weighted by atomic mass is 16.5. The van der Waals surface area contributed by atoms with E-state index in [0.29, 0.717) is 0 Å². The number of aromatic hydroxyl groups is 1. The molecule has 0 spiro atoms. The lowest BCUT2D eigenvalue weighted by molar-refractivity contribution is -0.140. The van der Waals surface area contributed by atoms with Gasteiger partial charge in [0.15, 0.2) is 0 Å². The van der Waals surface area contributed by atoms with Gasteiger partial charge in [-0.25, -0.2) is 4.68 Å². The van der Waals surface area contributed by atoms with Gasteiger partial charge in [0.05, 0.1) is 19.0 Å². The van der Waals surface area contributed by atoms with Gasteiger partial charge < -0.3 is 9.84 Å². The molecule has 2 aromatic carbocycles. The molecule has 0 aliphatic carbocycles. The van der Waals surface area contributed by atoms with Crippen LogP contribution < -0.4 is 0 Å². The third kappa shape index (κ3) is 2.95. The number of ether oxygens (including phenoxy) is 1. The van der Waals surface area contributed by atoms with Gasteiger partial charge in [0.2, 0.25) is 0 Å². The van der Waals surface area contributed by atoms with Crippen LogP contribution in [0.3, 0.4) is 0 Å². The minimum absolute atomic E-state index is 0.185. The Morgan fingerprint density at radius 3 is 2.67 bits per heavy atom. The summed E-state index contributed by atoms with van der Waals surface area (Å²) < 4.78 is 6.54. The van der Waals surface area contributed by atoms with E-state index >= 15 is 0 Å². The van der Waals surface area contributed by atoms with Gasteiger partial charge in [0.1, 0.15) is 11.3 Å². The Bertz CT molecular complexity index is 902. The SMILES string of the molecule is COC(=O)CC(c1ccc(C)c(O)c1)c1ccc2c(c1)nnn2C. The quantitative estimate of drug-likeness (QED) is 0.746. The largest absolute Gasteiger partial charge is 0.508 e. The summed E-state index contributed by atoms with van der Waals surface area (Å²) in [7, 11) is 3.21. The van der Waals surface area contributed by atoms with Gasteiger partial charge in [-0.15, -0.1) is 5.10 Å². The Balaban J connectivity index is 2.07. The first-order valence-electron chi connectivity index (χ1n) is 7.65. The molecule has 1 heterocycles. The predicted molar refractivity (Wildman–Crippen MR) is 89.8 cm³/mol. The molecule has 0 saturated carbocycles. The topological polar surface area (TPSA) is 77.2 Å². The number of nitrogens with zero attached hydrogens (tertiary/aromatic N) is 3. The molecule has 0 amide bonds. The van der Waals surface area contributed by atoms with E-state index in [-0.39, 0.29) is 24.1 Å². The molecule has 0 aliphatic heterocycles. The van der Waals surface area contributed by atoms with Crippen LogP contribution >= 0.6 is 0 Å². The average molecular weight is 325 g/mol. The van der Waals surface area contributed by atoms with Crippen LogP contribution in [0.5, 0.6) is 5.75 Å². The molecule has 6 heteroatoms. The van der Waals surface area contributed by atoms with Crippen molar-refractivity contribution in [3.05, 3.63) is 53.1 Å². The molecule has 0 aliphatic rings. The van der Waals surface area contributed by atoms with Crippen molar-refractivity contribution in [1.82, 2.24) is 15.0 Å². The monoisotopic (exact) mass is 325 g/mol. The van der Waals surface area contributed by atoms with Crippen molar-refractivity contribution in [3.63, 3.8) is 0 Å². The second-order valence-corrected chi connectivity index (χ2v) is 5.84. The van der Waals surface area contributed by atoms with Crippen molar-refractivity contribution in [3.8, 4) is 5.75 Å². The lowest BCUT2D eigenvalue weighted by Crippen LogP contribution is -2.10. The summed E-state index contributed by atoms with van der Waals surface area (Å²) in [6, 6.07) is 11.3. The predicted octanol–water partition coefficient (Wildman–Crippen LogP) is 2.68. The Labute approximate surface area is 139 Å². The van der Waals surface area contributed by atoms with Gasteiger partial charge in [-0.3, -0.25) is 4.79 Å². The van der Waals surface area contributed by atoms with Gasteiger partial charge in [-0.2, -0.15) is 0 Å². The molecule has 124 valence electrons. The molecule has 0 saturated heterocycles. The fourth-order valence-corrected chi connectivity index (χ4v) is 2.80. The lowest BCUT2D eigenvalue weighted by atomic mass is 9.87. The maximum absolute atomic E-state index is 11.9. The van der Waals surface area contributed by atoms with Crippen molar-refractivity contribution in [2.24, 2.45) is 7.05 Å². The third-order valence-corrected chi connectivity index (χ3v) is 4.27. The standard InChI is InChI=1S/C18H19N3O3/c1-11-4-5-13(9-17(11)22)14(10-18(23)24-3)12-6-7-16-15(8-12)19-20-21(16)2/h4-9,14,22H,10H2,1-3H3. The van der Waals surface area contributed by atoms with E-state index in [0.717, 1.165) is 27.7 Å². The van der Waals surface area contributed by atoms with Crippen LogP contribution in [0, 0.1) is 6.92 Å². The van der Waals surface area contributed by atoms with E-state index in [1.807, 2.05) is 44.3 Å². The number of aryl methyl sites for hydroxylation is 2. The van der Waals surface area contributed by atoms with Crippen molar-refractivity contribution in [2.75, 3.05) is 7.11 Å². The smallest absolute Gasteiger partial charge is 0.306 e. The fourth-order valence-electron chi connectivity index (χ4n) is 2.80. The second-order valence-electron chi connectivity index (χ2n) is 5.84. The first-order chi connectivity index (χ1) is 11.5. The molecule has 1 unspecified atom stereocenters. The van der Waals surface area contributed by atoms with Crippen LogP contribution in [0.4, 0.5) is 0 Å². The highest BCUT2D eigenvalue weighted by Gasteiger charge is 2.20. The molecule has 3 rings (SSSR count). The van der Waals surface area contributed by atoms with Crippen LogP contribution in [0.1, 0.15) is 29.0 Å². The molecule has 0 bridgehead atoms. The van der Waals surface area contributed by atoms with Crippen LogP contribution in [-0.4, -0.2) is 33.2 Å². The Morgan fingerprint density at radius 1 is 1.25 bits per heavy atom. The number of fused-ring (bicyclic) bond motifs is 1. The number of hydrogen-bond acceptors (Lipinski definition) is 5. The number of phenolic OH excluding ortho intramolecular Hbond substituents is 1. The summed E-state index contributed by atoms with van der Waals surface area (Å²) in [6.45, 7) is 1.83. The van der Waals surface area contributed by atoms with Crippen LogP contribution in [-0.2, 0) is 16.6 Å². The summed E-state index contributed by atoms with van der Waals surface area (Å²) in [5.41, 5.74) is 4.26. The molecule has 1 atom stereocenters. The van der Waals surface area contributed by atoms with E-state index in [9.17, 15) is 9.90 Å². The molecule has 1 N–H and O–H groups in total. The van der Waals surface area contributed by atoms with Crippen LogP contribution in [0.15, 0.2) is 36.4 Å². The van der Waals surface area contributed by atoms with E-state index in [1.165, 1.54) is 7.11 Å². The van der Waals surface area contributed by atoms with Crippen molar-refractivity contribution >= 4 is 17.0 Å². The second kappa shape index (κ2) is 6.31. The number of hydrogen-bond donors (Lipinski definition) is 1. The van der Waals surface area contributed by atoms with Gasteiger partial charge in [-0.05, 0) is 41.8 Å². The number of rotatable bonds is 4. The molecule has 0 radical (unpaired) electrons.